The highest BCUT2D eigenvalue weighted by Gasteiger charge is 2.21. The molecule has 0 amide bonds. The highest BCUT2D eigenvalue weighted by atomic mass is 32.2. The van der Waals surface area contributed by atoms with Gasteiger partial charge in [0.05, 0.1) is 33.0 Å². The van der Waals surface area contributed by atoms with Crippen LogP contribution in [0.4, 0.5) is 5.82 Å². The summed E-state index contributed by atoms with van der Waals surface area (Å²) in [5.74, 6) is 1.94. The summed E-state index contributed by atoms with van der Waals surface area (Å²) in [5.41, 5.74) is 0. The summed E-state index contributed by atoms with van der Waals surface area (Å²) in [4.78, 5) is 10.8. The number of aromatic nitrogens is 2. The first kappa shape index (κ1) is 21.3. The maximum atomic E-state index is 12.8. The van der Waals surface area contributed by atoms with Gasteiger partial charge < -0.3 is 19.1 Å². The van der Waals surface area contributed by atoms with E-state index >= 15 is 0 Å². The van der Waals surface area contributed by atoms with Crippen LogP contribution in [0.3, 0.4) is 0 Å². The second kappa shape index (κ2) is 9.86. The fourth-order valence-corrected chi connectivity index (χ4v) is 4.02. The molecule has 0 radical (unpaired) electrons. The molecular formula is C19H26N4O5S. The second-order valence-electron chi connectivity index (χ2n) is 6.23. The summed E-state index contributed by atoms with van der Waals surface area (Å²) in [6, 6.07) is 6.47. The monoisotopic (exact) mass is 422 g/mol. The maximum Gasteiger partial charge on any atom is 0.244 e. The van der Waals surface area contributed by atoms with Crippen LogP contribution in [0, 0.1) is 0 Å². The van der Waals surface area contributed by atoms with E-state index < -0.39 is 10.0 Å². The predicted octanol–water partition coefficient (Wildman–Crippen LogP) is 1.59. The van der Waals surface area contributed by atoms with Crippen molar-refractivity contribution in [1.82, 2.24) is 14.7 Å². The molecule has 29 heavy (non-hydrogen) atoms. The fourth-order valence-electron chi connectivity index (χ4n) is 2.91. The zero-order valence-electron chi connectivity index (χ0n) is 16.6. The normalized spacial score (nSPS) is 14.6. The van der Waals surface area contributed by atoms with Crippen LogP contribution in [0.25, 0.3) is 0 Å². The van der Waals surface area contributed by atoms with Crippen molar-refractivity contribution >= 4 is 15.8 Å². The third-order valence-corrected chi connectivity index (χ3v) is 5.70. The molecule has 1 saturated heterocycles. The first-order chi connectivity index (χ1) is 14.0. The average Bonchev–Trinajstić information content (AvgIpc) is 2.74. The third-order valence-electron chi connectivity index (χ3n) is 4.26. The van der Waals surface area contributed by atoms with Gasteiger partial charge in [-0.2, -0.15) is 0 Å². The van der Waals surface area contributed by atoms with Gasteiger partial charge >= 0.3 is 0 Å². The second-order valence-corrected chi connectivity index (χ2v) is 7.96. The van der Waals surface area contributed by atoms with Crippen molar-refractivity contribution in [3.63, 3.8) is 0 Å². The molecule has 9 nitrogen and oxygen atoms in total. The smallest absolute Gasteiger partial charge is 0.244 e. The fraction of sp³-hybridized carbons (Fsp3) is 0.474. The molecule has 2 heterocycles. The first-order valence-corrected chi connectivity index (χ1v) is 11.1. The minimum atomic E-state index is -3.82. The largest absolute Gasteiger partial charge is 0.494 e. The summed E-state index contributed by atoms with van der Waals surface area (Å²) in [6.07, 6.45) is 1.63. The number of hydrogen-bond donors (Lipinski definition) is 1. The van der Waals surface area contributed by atoms with Crippen LogP contribution in [0.1, 0.15) is 19.7 Å². The molecule has 0 unspecified atom stereocenters. The van der Waals surface area contributed by atoms with E-state index in [-0.39, 0.29) is 17.2 Å². The van der Waals surface area contributed by atoms with Gasteiger partial charge in [-0.25, -0.2) is 23.1 Å². The molecule has 10 heteroatoms. The molecule has 1 aromatic carbocycles. The van der Waals surface area contributed by atoms with Gasteiger partial charge in [-0.05, 0) is 32.0 Å². The van der Waals surface area contributed by atoms with E-state index in [4.69, 9.17) is 14.2 Å². The van der Waals surface area contributed by atoms with Crippen molar-refractivity contribution in [2.75, 3.05) is 44.4 Å². The molecular weight excluding hydrogens is 396 g/mol. The lowest BCUT2D eigenvalue weighted by Gasteiger charge is -2.27. The highest BCUT2D eigenvalue weighted by molar-refractivity contribution is 7.89. The van der Waals surface area contributed by atoms with Crippen LogP contribution in [0.15, 0.2) is 35.4 Å². The molecule has 0 saturated carbocycles. The lowest BCUT2D eigenvalue weighted by Crippen LogP contribution is -2.37. The Balaban J connectivity index is 1.74. The predicted molar refractivity (Wildman–Crippen MR) is 108 cm³/mol. The lowest BCUT2D eigenvalue weighted by molar-refractivity contribution is 0.122. The minimum Gasteiger partial charge on any atom is -0.494 e. The number of benzene rings is 1. The van der Waals surface area contributed by atoms with Crippen molar-refractivity contribution in [2.45, 2.75) is 25.3 Å². The Hall–Kier alpha value is -2.43. The SMILES string of the molecule is CCOc1ccc(S(=O)(=O)NCc2nccc(N3CCOCC3)n2)c(OCC)c1. The van der Waals surface area contributed by atoms with E-state index in [1.165, 1.54) is 6.07 Å². The molecule has 0 atom stereocenters. The number of hydrogen-bond acceptors (Lipinski definition) is 8. The Labute approximate surface area is 171 Å². The average molecular weight is 423 g/mol. The van der Waals surface area contributed by atoms with Crippen molar-refractivity contribution < 1.29 is 22.6 Å². The minimum absolute atomic E-state index is 0.0285. The molecule has 0 bridgehead atoms. The van der Waals surface area contributed by atoms with E-state index in [2.05, 4.69) is 19.6 Å². The number of morpholine rings is 1. The third kappa shape index (κ3) is 5.55. The van der Waals surface area contributed by atoms with E-state index in [1.54, 1.807) is 25.3 Å². The van der Waals surface area contributed by atoms with Crippen molar-refractivity contribution in [3.8, 4) is 11.5 Å². The van der Waals surface area contributed by atoms with Gasteiger partial charge in [0.15, 0.2) is 0 Å². The van der Waals surface area contributed by atoms with Crippen molar-refractivity contribution in [2.24, 2.45) is 0 Å². The zero-order chi connectivity index (χ0) is 20.7. The first-order valence-electron chi connectivity index (χ1n) is 9.57. The van der Waals surface area contributed by atoms with E-state index in [1.807, 2.05) is 13.0 Å². The van der Waals surface area contributed by atoms with E-state index in [9.17, 15) is 8.42 Å². The van der Waals surface area contributed by atoms with Crippen molar-refractivity contribution in [3.05, 3.63) is 36.3 Å². The lowest BCUT2D eigenvalue weighted by atomic mass is 10.3. The topological polar surface area (TPSA) is 103 Å². The molecule has 0 aliphatic carbocycles. The Bertz CT molecular complexity index is 917. The van der Waals surface area contributed by atoms with E-state index in [0.717, 1.165) is 18.9 Å². The van der Waals surface area contributed by atoms with Gasteiger partial charge in [0, 0.05) is 25.4 Å². The molecule has 3 rings (SSSR count). The Morgan fingerprint density at radius 3 is 2.62 bits per heavy atom. The quantitative estimate of drug-likeness (QED) is 0.650. The number of rotatable bonds is 9. The molecule has 1 aromatic heterocycles. The molecule has 2 aromatic rings. The molecule has 1 aliphatic rings. The van der Waals surface area contributed by atoms with Crippen LogP contribution >= 0.6 is 0 Å². The van der Waals surface area contributed by atoms with Crippen molar-refractivity contribution in [1.29, 1.82) is 0 Å². The Morgan fingerprint density at radius 1 is 1.14 bits per heavy atom. The summed E-state index contributed by atoms with van der Waals surface area (Å²) in [6.45, 7) is 7.21. The van der Waals surface area contributed by atoms with Gasteiger partial charge in [-0.3, -0.25) is 0 Å². The van der Waals surface area contributed by atoms with Gasteiger partial charge in [0.1, 0.15) is 28.0 Å². The summed E-state index contributed by atoms with van der Waals surface area (Å²) >= 11 is 0. The number of sulfonamides is 1. The highest BCUT2D eigenvalue weighted by Crippen LogP contribution is 2.29. The Kier molecular flexibility index (Phi) is 7.24. The molecule has 158 valence electrons. The molecule has 1 fully saturated rings. The molecule has 1 N–H and O–H groups in total. The summed E-state index contributed by atoms with van der Waals surface area (Å²) in [5, 5.41) is 0. The van der Waals surface area contributed by atoms with Crippen LogP contribution in [-0.4, -0.2) is 57.9 Å². The number of ether oxygens (including phenoxy) is 3. The number of nitrogens with one attached hydrogen (secondary N) is 1. The molecule has 0 spiro atoms. The summed E-state index contributed by atoms with van der Waals surface area (Å²) < 4.78 is 44.5. The zero-order valence-corrected chi connectivity index (χ0v) is 17.4. The number of nitrogens with zero attached hydrogens (tertiary/aromatic N) is 3. The van der Waals surface area contributed by atoms with Gasteiger partial charge in [0.2, 0.25) is 10.0 Å². The molecule has 1 aliphatic heterocycles. The number of anilines is 1. The van der Waals surface area contributed by atoms with Gasteiger partial charge in [0.25, 0.3) is 0 Å². The van der Waals surface area contributed by atoms with Crippen LogP contribution < -0.4 is 19.1 Å². The van der Waals surface area contributed by atoms with Crippen LogP contribution in [0.5, 0.6) is 11.5 Å². The van der Waals surface area contributed by atoms with Crippen LogP contribution in [-0.2, 0) is 21.3 Å². The Morgan fingerprint density at radius 2 is 1.90 bits per heavy atom. The standard InChI is InChI=1S/C19H26N4O5S/c1-3-27-15-5-6-17(16(13-15)28-4-2)29(24,25)21-14-18-20-8-7-19(22-18)23-9-11-26-12-10-23/h5-8,13,21H,3-4,9-12,14H2,1-2H3. The van der Waals surface area contributed by atoms with Gasteiger partial charge in [-0.15, -0.1) is 0 Å². The summed E-state index contributed by atoms with van der Waals surface area (Å²) in [7, 11) is -3.82. The van der Waals surface area contributed by atoms with E-state index in [0.29, 0.717) is 38.0 Å². The van der Waals surface area contributed by atoms with Crippen LogP contribution in [0.2, 0.25) is 0 Å². The maximum absolute atomic E-state index is 12.8. The van der Waals surface area contributed by atoms with Gasteiger partial charge in [-0.1, -0.05) is 0 Å².